The summed E-state index contributed by atoms with van der Waals surface area (Å²) < 4.78 is 0. The quantitative estimate of drug-likeness (QED) is 0.615. The van der Waals surface area contributed by atoms with Crippen molar-refractivity contribution in [3.8, 4) is 0 Å². The molecule has 2 rings (SSSR count). The largest absolute Gasteiger partial charge is 0.387 e. The maximum Gasteiger partial charge on any atom is 0.225 e. The molecule has 1 fully saturated rings. The Kier molecular flexibility index (Phi) is 7.73. The van der Waals surface area contributed by atoms with Gasteiger partial charge in [0.2, 0.25) is 11.8 Å². The Labute approximate surface area is 161 Å². The Morgan fingerprint density at radius 3 is 2.74 bits per heavy atom. The zero-order valence-electron chi connectivity index (χ0n) is 15.8. The van der Waals surface area contributed by atoms with Gasteiger partial charge in [-0.1, -0.05) is 18.2 Å². The van der Waals surface area contributed by atoms with Gasteiger partial charge in [0.1, 0.15) is 0 Å². The molecule has 1 atom stereocenters. The lowest BCUT2D eigenvalue weighted by atomic mass is 9.93. The zero-order valence-corrected chi connectivity index (χ0v) is 15.8. The van der Waals surface area contributed by atoms with E-state index >= 15 is 0 Å². The maximum absolute atomic E-state index is 12.6. The summed E-state index contributed by atoms with van der Waals surface area (Å²) in [6, 6.07) is 5.71. The van der Waals surface area contributed by atoms with Gasteiger partial charge in [-0.3, -0.25) is 14.6 Å². The van der Waals surface area contributed by atoms with Crippen LogP contribution in [0, 0.1) is 5.92 Å². The van der Waals surface area contributed by atoms with Crippen molar-refractivity contribution in [1.29, 1.82) is 0 Å². The average molecular weight is 371 g/mol. The molecule has 0 saturated carbocycles. The molecular formula is C21H29N3O3. The van der Waals surface area contributed by atoms with Crippen molar-refractivity contribution in [1.82, 2.24) is 15.2 Å². The summed E-state index contributed by atoms with van der Waals surface area (Å²) in [5.41, 5.74) is -0.140. The van der Waals surface area contributed by atoms with Crippen LogP contribution in [-0.2, 0) is 16.0 Å². The second kappa shape index (κ2) is 10.0. The Morgan fingerprint density at radius 2 is 2.11 bits per heavy atom. The third-order valence-electron chi connectivity index (χ3n) is 4.88. The zero-order chi connectivity index (χ0) is 19.7. The van der Waals surface area contributed by atoms with Crippen molar-refractivity contribution >= 4 is 11.8 Å². The molecule has 0 unspecified atom stereocenters. The van der Waals surface area contributed by atoms with Crippen molar-refractivity contribution in [2.75, 3.05) is 19.6 Å². The standard InChI is InChI=1S/C21H29N3O3/c1-3-11-21(27,12-4-2)16-23-20(26)17-8-9-19(25)24(15-17)14-10-18-7-5-6-13-22-18/h3-7,13,17,27H,1-2,8-12,14-16H2,(H,23,26)/t17-/m1/s1. The molecule has 2 N–H and O–H groups in total. The fraction of sp³-hybridized carbons (Fsp3) is 0.476. The molecule has 1 aromatic heterocycles. The molecule has 0 radical (unpaired) electrons. The first-order valence-corrected chi connectivity index (χ1v) is 9.37. The molecule has 1 aliphatic heterocycles. The van der Waals surface area contributed by atoms with Crippen LogP contribution in [0.25, 0.3) is 0 Å². The fourth-order valence-electron chi connectivity index (χ4n) is 3.30. The molecule has 1 aromatic rings. The molecule has 0 aliphatic carbocycles. The first kappa shape index (κ1) is 20.8. The summed E-state index contributed by atoms with van der Waals surface area (Å²) in [6.45, 7) is 8.40. The molecule has 6 nitrogen and oxygen atoms in total. The minimum atomic E-state index is -1.07. The highest BCUT2D eigenvalue weighted by Gasteiger charge is 2.32. The monoisotopic (exact) mass is 371 g/mol. The van der Waals surface area contributed by atoms with Crippen LogP contribution in [0.3, 0.4) is 0 Å². The molecule has 27 heavy (non-hydrogen) atoms. The van der Waals surface area contributed by atoms with E-state index in [0.29, 0.717) is 45.2 Å². The molecular weight excluding hydrogens is 342 g/mol. The van der Waals surface area contributed by atoms with Crippen LogP contribution >= 0.6 is 0 Å². The molecule has 2 amide bonds. The van der Waals surface area contributed by atoms with Gasteiger partial charge in [0.25, 0.3) is 0 Å². The lowest BCUT2D eigenvalue weighted by Gasteiger charge is -2.33. The van der Waals surface area contributed by atoms with Crippen molar-refractivity contribution in [2.45, 2.75) is 37.7 Å². The summed E-state index contributed by atoms with van der Waals surface area (Å²) in [5, 5.41) is 13.4. The lowest BCUT2D eigenvalue weighted by molar-refractivity contribution is -0.138. The minimum Gasteiger partial charge on any atom is -0.387 e. The van der Waals surface area contributed by atoms with E-state index in [1.165, 1.54) is 0 Å². The molecule has 0 spiro atoms. The van der Waals surface area contributed by atoms with E-state index in [1.807, 2.05) is 18.2 Å². The predicted octanol–water partition coefficient (Wildman–Crippen LogP) is 1.86. The molecule has 146 valence electrons. The molecule has 1 aliphatic rings. The van der Waals surface area contributed by atoms with Gasteiger partial charge >= 0.3 is 0 Å². The number of carbonyl (C=O) groups is 2. The van der Waals surface area contributed by atoms with E-state index in [1.54, 1.807) is 23.2 Å². The van der Waals surface area contributed by atoms with Gasteiger partial charge in [-0.2, -0.15) is 0 Å². The van der Waals surface area contributed by atoms with Crippen molar-refractivity contribution in [3.05, 3.63) is 55.4 Å². The second-order valence-corrected chi connectivity index (χ2v) is 7.07. The lowest BCUT2D eigenvalue weighted by Crippen LogP contribution is -2.49. The molecule has 1 saturated heterocycles. The number of aliphatic hydroxyl groups is 1. The number of pyridine rings is 1. The smallest absolute Gasteiger partial charge is 0.225 e. The van der Waals surface area contributed by atoms with Crippen LogP contribution in [0.4, 0.5) is 0 Å². The Bertz CT molecular complexity index is 650. The highest BCUT2D eigenvalue weighted by atomic mass is 16.3. The van der Waals surface area contributed by atoms with Gasteiger partial charge in [-0.05, 0) is 31.4 Å². The number of hydrogen-bond donors (Lipinski definition) is 2. The number of rotatable bonds is 10. The van der Waals surface area contributed by atoms with Gasteiger partial charge in [0.05, 0.1) is 11.5 Å². The van der Waals surface area contributed by atoms with Crippen LogP contribution in [0.5, 0.6) is 0 Å². The number of carbonyl (C=O) groups excluding carboxylic acids is 2. The van der Waals surface area contributed by atoms with Crippen LogP contribution < -0.4 is 5.32 Å². The number of nitrogens with one attached hydrogen (secondary N) is 1. The third-order valence-corrected chi connectivity index (χ3v) is 4.88. The number of hydrogen-bond acceptors (Lipinski definition) is 4. The molecule has 0 bridgehead atoms. The van der Waals surface area contributed by atoms with Crippen molar-refractivity contribution in [2.24, 2.45) is 5.92 Å². The number of amides is 2. The summed E-state index contributed by atoms with van der Waals surface area (Å²) in [5.74, 6) is -0.315. The van der Waals surface area contributed by atoms with E-state index < -0.39 is 5.60 Å². The van der Waals surface area contributed by atoms with Crippen molar-refractivity contribution in [3.63, 3.8) is 0 Å². The third kappa shape index (κ3) is 6.32. The van der Waals surface area contributed by atoms with Crippen LogP contribution in [0.15, 0.2) is 49.7 Å². The van der Waals surface area contributed by atoms with Gasteiger partial charge in [-0.15, -0.1) is 13.2 Å². The molecule has 2 heterocycles. The van der Waals surface area contributed by atoms with Gasteiger partial charge in [-0.25, -0.2) is 0 Å². The number of likely N-dealkylation sites (tertiary alicyclic amines) is 1. The van der Waals surface area contributed by atoms with E-state index in [-0.39, 0.29) is 24.3 Å². The van der Waals surface area contributed by atoms with Crippen LogP contribution in [-0.4, -0.2) is 52.0 Å². The van der Waals surface area contributed by atoms with Gasteiger partial charge < -0.3 is 15.3 Å². The molecule has 0 aromatic carbocycles. The number of nitrogens with zero attached hydrogens (tertiary/aromatic N) is 2. The fourth-order valence-corrected chi connectivity index (χ4v) is 3.30. The van der Waals surface area contributed by atoms with Crippen molar-refractivity contribution < 1.29 is 14.7 Å². The number of piperidine rings is 1. The van der Waals surface area contributed by atoms with Crippen LogP contribution in [0.1, 0.15) is 31.4 Å². The van der Waals surface area contributed by atoms with E-state index in [9.17, 15) is 14.7 Å². The summed E-state index contributed by atoms with van der Waals surface area (Å²) in [7, 11) is 0. The van der Waals surface area contributed by atoms with E-state index in [2.05, 4.69) is 23.5 Å². The van der Waals surface area contributed by atoms with E-state index in [0.717, 1.165) is 5.69 Å². The summed E-state index contributed by atoms with van der Waals surface area (Å²) >= 11 is 0. The SMILES string of the molecule is C=CCC(O)(CC=C)CNC(=O)[C@@H]1CCC(=O)N(CCc2ccccn2)C1. The summed E-state index contributed by atoms with van der Waals surface area (Å²) in [4.78, 5) is 30.7. The Balaban J connectivity index is 1.88. The first-order valence-electron chi connectivity index (χ1n) is 9.37. The second-order valence-electron chi connectivity index (χ2n) is 7.07. The normalized spacial score (nSPS) is 17.4. The topological polar surface area (TPSA) is 82.5 Å². The van der Waals surface area contributed by atoms with Gasteiger partial charge in [0.15, 0.2) is 0 Å². The Morgan fingerprint density at radius 1 is 1.37 bits per heavy atom. The van der Waals surface area contributed by atoms with Gasteiger partial charge in [0, 0.05) is 44.4 Å². The molecule has 6 heteroatoms. The number of aromatic nitrogens is 1. The highest BCUT2D eigenvalue weighted by molar-refractivity contribution is 5.83. The Hall–Kier alpha value is -2.47. The van der Waals surface area contributed by atoms with E-state index in [4.69, 9.17) is 0 Å². The first-order chi connectivity index (χ1) is 13.0. The highest BCUT2D eigenvalue weighted by Crippen LogP contribution is 2.20. The predicted molar refractivity (Wildman–Crippen MR) is 105 cm³/mol. The average Bonchev–Trinajstić information content (AvgIpc) is 2.67. The summed E-state index contributed by atoms with van der Waals surface area (Å²) in [6.07, 6.45) is 7.31. The van der Waals surface area contributed by atoms with Crippen LogP contribution in [0.2, 0.25) is 0 Å². The maximum atomic E-state index is 12.6. The minimum absolute atomic E-state index is 0.0739.